The van der Waals surface area contributed by atoms with Crippen molar-refractivity contribution in [1.82, 2.24) is 0 Å². The van der Waals surface area contributed by atoms with Crippen LogP contribution >= 0.6 is 34.4 Å². The number of alkyl halides is 1. The number of aliphatic imine (C=N–C) groups is 1. The number of thioether (sulfide) groups is 1. The maximum atomic E-state index is 14.3. The van der Waals surface area contributed by atoms with Gasteiger partial charge in [0.1, 0.15) is 11.6 Å². The fraction of sp³-hybridized carbons (Fsp3) is 0.176. The van der Waals surface area contributed by atoms with Crippen molar-refractivity contribution in [3.8, 4) is 0 Å². The maximum Gasteiger partial charge on any atom is 0.332 e. The lowest BCUT2D eigenvalue weighted by molar-refractivity contribution is 0.259. The van der Waals surface area contributed by atoms with E-state index in [9.17, 15) is 13.6 Å². The molecular weight excluding hydrogens is 459 g/mol. The first-order valence-electron chi connectivity index (χ1n) is 7.47. The number of hydrogen-bond donors (Lipinski definition) is 1. The zero-order chi connectivity index (χ0) is 17.8. The van der Waals surface area contributed by atoms with Crippen LogP contribution in [0.1, 0.15) is 0 Å². The van der Waals surface area contributed by atoms with E-state index in [1.54, 1.807) is 24.3 Å². The molecule has 130 valence electrons. The van der Waals surface area contributed by atoms with E-state index >= 15 is 0 Å². The van der Waals surface area contributed by atoms with Gasteiger partial charge in [0.15, 0.2) is 5.17 Å². The van der Waals surface area contributed by atoms with Crippen molar-refractivity contribution in [3.63, 3.8) is 0 Å². The molecule has 1 heterocycles. The Kier molecular flexibility index (Phi) is 5.89. The topological polar surface area (TPSA) is 44.7 Å². The SMILES string of the molecule is O=C(Nc1ccccc1)N(C1=NC[C@H](CI)S1)c1ccc(F)cc1F. The number of urea groups is 1. The normalized spacial score (nSPS) is 16.4. The first kappa shape index (κ1) is 18.1. The van der Waals surface area contributed by atoms with Gasteiger partial charge in [0.05, 0.1) is 12.2 Å². The predicted molar refractivity (Wildman–Crippen MR) is 107 cm³/mol. The number of rotatable bonds is 3. The number of hydrogen-bond acceptors (Lipinski definition) is 3. The summed E-state index contributed by atoms with van der Waals surface area (Å²) < 4.78 is 28.4. The molecule has 0 radical (unpaired) electrons. The highest BCUT2D eigenvalue weighted by atomic mass is 127. The molecule has 0 unspecified atom stereocenters. The van der Waals surface area contributed by atoms with Crippen LogP contribution in [0.25, 0.3) is 0 Å². The average molecular weight is 473 g/mol. The molecule has 4 nitrogen and oxygen atoms in total. The summed E-state index contributed by atoms with van der Waals surface area (Å²) in [5, 5.41) is 3.35. The Hall–Kier alpha value is -1.68. The maximum absolute atomic E-state index is 14.3. The molecule has 1 aliphatic heterocycles. The quantitative estimate of drug-likeness (QED) is 0.509. The van der Waals surface area contributed by atoms with Crippen LogP contribution in [0.3, 0.4) is 0 Å². The van der Waals surface area contributed by atoms with Gasteiger partial charge in [0, 0.05) is 21.4 Å². The minimum Gasteiger partial charge on any atom is -0.307 e. The van der Waals surface area contributed by atoms with Crippen molar-refractivity contribution in [2.75, 3.05) is 21.2 Å². The lowest BCUT2D eigenvalue weighted by Crippen LogP contribution is -2.39. The van der Waals surface area contributed by atoms with Gasteiger partial charge in [-0.1, -0.05) is 52.6 Å². The Balaban J connectivity index is 1.93. The summed E-state index contributed by atoms with van der Waals surface area (Å²) in [5.41, 5.74) is 0.546. The fourth-order valence-corrected chi connectivity index (χ4v) is 4.03. The molecule has 1 aliphatic rings. The van der Waals surface area contributed by atoms with Gasteiger partial charge in [-0.2, -0.15) is 0 Å². The molecule has 0 aliphatic carbocycles. The fourth-order valence-electron chi connectivity index (χ4n) is 2.27. The largest absolute Gasteiger partial charge is 0.332 e. The van der Waals surface area contributed by atoms with Gasteiger partial charge < -0.3 is 5.32 Å². The minimum atomic E-state index is -0.815. The predicted octanol–water partition coefficient (Wildman–Crippen LogP) is 4.91. The van der Waals surface area contributed by atoms with Crippen LogP contribution in [0.5, 0.6) is 0 Å². The van der Waals surface area contributed by atoms with Crippen molar-refractivity contribution in [1.29, 1.82) is 0 Å². The number of carbonyl (C=O) groups is 1. The van der Waals surface area contributed by atoms with E-state index < -0.39 is 17.7 Å². The van der Waals surface area contributed by atoms with Crippen LogP contribution in [0.4, 0.5) is 25.0 Å². The van der Waals surface area contributed by atoms with Crippen molar-refractivity contribution in [2.24, 2.45) is 4.99 Å². The summed E-state index contributed by atoms with van der Waals surface area (Å²) in [7, 11) is 0. The molecule has 0 saturated carbocycles. The number of para-hydroxylation sites is 1. The molecule has 8 heteroatoms. The number of nitrogens with one attached hydrogen (secondary N) is 1. The van der Waals surface area contributed by atoms with Gasteiger partial charge in [0.25, 0.3) is 0 Å². The summed E-state index contributed by atoms with van der Waals surface area (Å²) in [4.78, 5) is 18.3. The first-order chi connectivity index (χ1) is 12.1. The molecule has 0 saturated heterocycles. The van der Waals surface area contributed by atoms with Crippen molar-refractivity contribution in [2.45, 2.75) is 5.25 Å². The highest BCUT2D eigenvalue weighted by molar-refractivity contribution is 14.1. The first-order valence-corrected chi connectivity index (χ1v) is 9.87. The van der Waals surface area contributed by atoms with E-state index in [4.69, 9.17) is 0 Å². The van der Waals surface area contributed by atoms with Crippen molar-refractivity contribution >= 4 is 56.9 Å². The van der Waals surface area contributed by atoms with Crippen LogP contribution in [0.2, 0.25) is 0 Å². The third-order valence-corrected chi connectivity index (χ3v) is 6.28. The number of benzene rings is 2. The summed E-state index contributed by atoms with van der Waals surface area (Å²) in [6.45, 7) is 0.556. The Morgan fingerprint density at radius 1 is 1.28 bits per heavy atom. The van der Waals surface area contributed by atoms with Crippen LogP contribution in [-0.2, 0) is 0 Å². The third kappa shape index (κ3) is 4.30. The van der Waals surface area contributed by atoms with Crippen LogP contribution in [-0.4, -0.2) is 27.4 Å². The minimum absolute atomic E-state index is 0.0322. The zero-order valence-corrected chi connectivity index (χ0v) is 15.9. The van der Waals surface area contributed by atoms with E-state index in [0.717, 1.165) is 16.6 Å². The van der Waals surface area contributed by atoms with Crippen LogP contribution in [0.15, 0.2) is 53.5 Å². The number of anilines is 2. The molecule has 2 aromatic carbocycles. The van der Waals surface area contributed by atoms with Crippen molar-refractivity contribution < 1.29 is 13.6 Å². The average Bonchev–Trinajstić information content (AvgIpc) is 3.07. The summed E-state index contributed by atoms with van der Waals surface area (Å²) in [6, 6.07) is 11.4. The molecular formula is C17H14F2IN3OS. The monoisotopic (exact) mass is 473 g/mol. The number of halogens is 3. The third-order valence-electron chi connectivity index (χ3n) is 3.44. The van der Waals surface area contributed by atoms with Gasteiger partial charge in [-0.3, -0.25) is 4.99 Å². The molecule has 1 atom stereocenters. The van der Waals surface area contributed by atoms with Gasteiger partial charge >= 0.3 is 6.03 Å². The second kappa shape index (κ2) is 8.13. The molecule has 25 heavy (non-hydrogen) atoms. The van der Waals surface area contributed by atoms with Gasteiger partial charge in [-0.05, 0) is 24.3 Å². The summed E-state index contributed by atoms with van der Waals surface area (Å²) in [5.74, 6) is -1.51. The Morgan fingerprint density at radius 2 is 2.04 bits per heavy atom. The summed E-state index contributed by atoms with van der Waals surface area (Å²) in [6.07, 6.45) is 0. The number of carbonyl (C=O) groups excluding carboxylic acids is 1. The molecule has 3 rings (SSSR count). The molecule has 0 spiro atoms. The van der Waals surface area contributed by atoms with Crippen LogP contribution in [0, 0.1) is 11.6 Å². The second-order valence-corrected chi connectivity index (χ2v) is 7.39. The lowest BCUT2D eigenvalue weighted by Gasteiger charge is -2.23. The molecule has 0 fully saturated rings. The standard InChI is InChI=1S/C17H14F2IN3OS/c18-11-6-7-15(14(19)8-11)23(17-21-10-13(9-20)25-17)16(24)22-12-4-2-1-3-5-12/h1-8,13H,9-10H2,(H,22,24)/t13-/m0/s1. The van der Waals surface area contributed by atoms with Gasteiger partial charge in [-0.25, -0.2) is 18.5 Å². The Bertz CT molecular complexity index is 804. The lowest BCUT2D eigenvalue weighted by atomic mass is 10.2. The zero-order valence-electron chi connectivity index (χ0n) is 13.0. The van der Waals surface area contributed by atoms with Crippen LogP contribution < -0.4 is 10.2 Å². The highest BCUT2D eigenvalue weighted by Crippen LogP contribution is 2.30. The number of amidine groups is 1. The molecule has 0 bridgehead atoms. The Labute approximate surface area is 161 Å². The van der Waals surface area contributed by atoms with Gasteiger partial charge in [0.2, 0.25) is 0 Å². The van der Waals surface area contributed by atoms with E-state index in [2.05, 4.69) is 32.9 Å². The van der Waals surface area contributed by atoms with Gasteiger partial charge in [-0.15, -0.1) is 0 Å². The summed E-state index contributed by atoms with van der Waals surface area (Å²) >= 11 is 3.66. The number of nitrogens with zero attached hydrogens (tertiary/aromatic N) is 2. The second-order valence-electron chi connectivity index (χ2n) is 5.24. The Morgan fingerprint density at radius 3 is 2.68 bits per heavy atom. The van der Waals surface area contributed by atoms with E-state index in [1.807, 2.05) is 6.07 Å². The van der Waals surface area contributed by atoms with E-state index in [0.29, 0.717) is 17.4 Å². The molecule has 2 aromatic rings. The highest BCUT2D eigenvalue weighted by Gasteiger charge is 2.30. The van der Waals surface area contributed by atoms with E-state index in [-0.39, 0.29) is 10.9 Å². The number of amides is 2. The van der Waals surface area contributed by atoms with Crippen molar-refractivity contribution in [3.05, 3.63) is 60.2 Å². The molecule has 1 N–H and O–H groups in total. The van der Waals surface area contributed by atoms with E-state index in [1.165, 1.54) is 22.7 Å². The smallest absolute Gasteiger partial charge is 0.307 e. The molecule has 2 amide bonds. The molecule has 0 aromatic heterocycles.